The number of benzene rings is 3. The monoisotopic (exact) mass is 767 g/mol. The van der Waals surface area contributed by atoms with E-state index >= 15 is 0 Å². The molecule has 5 aromatic rings. The van der Waals surface area contributed by atoms with Crippen LogP contribution in [0.3, 0.4) is 0 Å². The van der Waals surface area contributed by atoms with Crippen LogP contribution in [0.15, 0.2) is 91.8 Å². The molecule has 0 aliphatic carbocycles. The summed E-state index contributed by atoms with van der Waals surface area (Å²) in [6, 6.07) is 25.1. The molecule has 0 fully saturated rings. The Morgan fingerprint density at radius 3 is 2.16 bits per heavy atom. The van der Waals surface area contributed by atoms with Crippen molar-refractivity contribution in [3.63, 3.8) is 0 Å². The van der Waals surface area contributed by atoms with Crippen molar-refractivity contribution in [1.29, 1.82) is 0 Å². The lowest BCUT2D eigenvalue weighted by Crippen LogP contribution is -2.15. The number of aromatic nitrogens is 1. The normalized spacial score (nSPS) is 10.0. The molecule has 0 bridgehead atoms. The number of amides is 1. The van der Waals surface area contributed by atoms with Gasteiger partial charge in [0.2, 0.25) is 5.91 Å². The van der Waals surface area contributed by atoms with E-state index in [1.54, 1.807) is 0 Å². The summed E-state index contributed by atoms with van der Waals surface area (Å²) < 4.78 is 7.44. The van der Waals surface area contributed by atoms with Crippen LogP contribution in [0.4, 0.5) is 5.69 Å². The average molecular weight is 767 g/mol. The topological polar surface area (TPSA) is 80.5 Å². The zero-order chi connectivity index (χ0) is 41.2. The summed E-state index contributed by atoms with van der Waals surface area (Å²) in [6.07, 6.45) is 10.4. The van der Waals surface area contributed by atoms with Crippen LogP contribution in [0.2, 0.25) is 0 Å². The molecule has 0 aliphatic rings. The van der Waals surface area contributed by atoms with Gasteiger partial charge in [-0.15, -0.1) is 11.3 Å². The Hall–Kier alpha value is -4.46. The van der Waals surface area contributed by atoms with Gasteiger partial charge in [-0.05, 0) is 148 Å². The predicted molar refractivity (Wildman–Crippen MR) is 243 cm³/mol. The number of ether oxygens (including phenoxy) is 1. The second-order valence-electron chi connectivity index (χ2n) is 13.1. The second-order valence-corrected chi connectivity index (χ2v) is 14.2. The fourth-order valence-corrected chi connectivity index (χ4v) is 6.76. The molecule has 3 aromatic carbocycles. The van der Waals surface area contributed by atoms with E-state index < -0.39 is 0 Å². The van der Waals surface area contributed by atoms with Crippen LogP contribution in [0.1, 0.15) is 101 Å². The van der Waals surface area contributed by atoms with Gasteiger partial charge in [-0.3, -0.25) is 9.78 Å². The van der Waals surface area contributed by atoms with Gasteiger partial charge >= 0.3 is 0 Å². The van der Waals surface area contributed by atoms with Crippen molar-refractivity contribution in [3.8, 4) is 16.2 Å². The van der Waals surface area contributed by atoms with Crippen molar-refractivity contribution in [1.82, 2.24) is 9.88 Å². The second kappa shape index (κ2) is 28.0. The van der Waals surface area contributed by atoms with E-state index in [1.807, 2.05) is 81.6 Å². The molecule has 0 radical (unpaired) electrons. The molecule has 5 rings (SSSR count). The molecule has 6 nitrogen and oxygen atoms in total. The predicted octanol–water partition coefficient (Wildman–Crippen LogP) is 12.5. The number of rotatable bonds is 14. The van der Waals surface area contributed by atoms with Gasteiger partial charge in [-0.2, -0.15) is 0 Å². The molecule has 0 spiro atoms. The number of carbonyl (C=O) groups excluding carboxylic acids is 1. The van der Waals surface area contributed by atoms with E-state index in [1.165, 1.54) is 68.4 Å². The summed E-state index contributed by atoms with van der Waals surface area (Å²) in [7, 11) is 4.21. The molecular formula is C48H70N4O2S. The van der Waals surface area contributed by atoms with E-state index in [4.69, 9.17) is 4.74 Å². The minimum Gasteiger partial charge on any atom is -0.493 e. The highest BCUT2D eigenvalue weighted by Gasteiger charge is 2.12. The quantitative estimate of drug-likeness (QED) is 0.110. The number of anilines is 1. The van der Waals surface area contributed by atoms with Crippen molar-refractivity contribution in [2.45, 2.75) is 107 Å². The molecule has 3 N–H and O–H groups in total. The number of thiophene rings is 1. The minimum atomic E-state index is 0.0363. The maximum atomic E-state index is 12.1. The average Bonchev–Trinajstić information content (AvgIpc) is 3.64. The first-order chi connectivity index (χ1) is 26.6. The molecular weight excluding hydrogens is 697 g/mol. The summed E-state index contributed by atoms with van der Waals surface area (Å²) in [5.74, 6) is 1.09. The lowest BCUT2D eigenvalue weighted by atomic mass is 10.0. The maximum Gasteiger partial charge on any atom is 0.228 e. The number of aryl methyl sites for hydroxylation is 5. The van der Waals surface area contributed by atoms with Crippen molar-refractivity contribution >= 4 is 33.1 Å². The first kappa shape index (κ1) is 48.6. The van der Waals surface area contributed by atoms with Crippen LogP contribution >= 0.6 is 11.3 Å². The SMILES string of the molecule is C=CN.CC.CC.CCCCCc1cc(-c2cc3nccc(C)c3s2)ccc1OCCCN(C)C.CCc1ccccc1CC(=O)Nc1ccc(C)c(C)c1. The third-order valence-corrected chi connectivity index (χ3v) is 9.96. The molecule has 0 atom stereocenters. The van der Waals surface area contributed by atoms with Gasteiger partial charge in [-0.25, -0.2) is 0 Å². The van der Waals surface area contributed by atoms with Gasteiger partial charge < -0.3 is 20.7 Å². The zero-order valence-corrected chi connectivity index (χ0v) is 36.7. The van der Waals surface area contributed by atoms with Gasteiger partial charge in [-0.1, -0.05) is 91.3 Å². The van der Waals surface area contributed by atoms with Crippen LogP contribution in [-0.2, 0) is 24.1 Å². The minimum absolute atomic E-state index is 0.0363. The number of fused-ring (bicyclic) bond motifs is 1. The number of nitrogens with two attached hydrogens (primary N) is 1. The molecule has 2 heterocycles. The summed E-state index contributed by atoms with van der Waals surface area (Å²) in [6.45, 7) is 23.6. The molecule has 1 amide bonds. The van der Waals surface area contributed by atoms with Gasteiger partial charge in [0.25, 0.3) is 0 Å². The van der Waals surface area contributed by atoms with Crippen LogP contribution in [0.25, 0.3) is 20.7 Å². The van der Waals surface area contributed by atoms with Gasteiger partial charge in [0.05, 0.1) is 23.2 Å². The highest BCUT2D eigenvalue weighted by Crippen LogP contribution is 2.36. The van der Waals surface area contributed by atoms with Crippen molar-refractivity contribution < 1.29 is 9.53 Å². The highest BCUT2D eigenvalue weighted by atomic mass is 32.1. The third kappa shape index (κ3) is 17.3. The number of nitrogens with one attached hydrogen (secondary N) is 1. The zero-order valence-electron chi connectivity index (χ0n) is 35.9. The number of carbonyl (C=O) groups is 1. The standard InChI is InChI=1S/C24H32N2OS.C18H21NO.C2H5N.2C2H6/c1-5-6-7-9-19-16-20(10-11-22(19)27-15-8-14-26(3)4)23-17-21-24(28-23)18(2)12-13-25-21;1-4-15-7-5-6-8-16(15)12-18(20)19-17-10-9-13(2)14(3)11-17;1-2-3;2*1-2/h10-13,16-17H,5-9,14-15H2,1-4H3;5-11H,4,12H2,1-3H3,(H,19,20);2H,1,3H2;2*1-2H3. The molecule has 0 saturated heterocycles. The van der Waals surface area contributed by atoms with Crippen LogP contribution in [-0.4, -0.2) is 43.0 Å². The largest absolute Gasteiger partial charge is 0.493 e. The van der Waals surface area contributed by atoms with Gasteiger partial charge in [0.1, 0.15) is 5.75 Å². The van der Waals surface area contributed by atoms with Crippen molar-refractivity contribution in [3.05, 3.63) is 125 Å². The first-order valence-corrected chi connectivity index (χ1v) is 20.9. The summed E-state index contributed by atoms with van der Waals surface area (Å²) in [4.78, 5) is 20.2. The fourth-order valence-electron chi connectivity index (χ4n) is 5.68. The van der Waals surface area contributed by atoms with E-state index in [-0.39, 0.29) is 5.91 Å². The Bertz CT molecular complexity index is 1830. The summed E-state index contributed by atoms with van der Waals surface area (Å²) in [5.41, 5.74) is 15.2. The van der Waals surface area contributed by atoms with E-state index in [0.717, 1.165) is 54.9 Å². The van der Waals surface area contributed by atoms with Crippen LogP contribution < -0.4 is 15.8 Å². The molecule has 300 valence electrons. The summed E-state index contributed by atoms with van der Waals surface area (Å²) in [5, 5.41) is 2.97. The lowest BCUT2D eigenvalue weighted by molar-refractivity contribution is -0.115. The molecule has 0 saturated carbocycles. The van der Waals surface area contributed by atoms with Crippen LogP contribution in [0.5, 0.6) is 5.75 Å². The Labute approximate surface area is 338 Å². The molecule has 2 aromatic heterocycles. The maximum absolute atomic E-state index is 12.1. The number of hydrogen-bond acceptors (Lipinski definition) is 6. The number of nitrogens with zero attached hydrogens (tertiary/aromatic N) is 2. The molecule has 0 unspecified atom stereocenters. The highest BCUT2D eigenvalue weighted by molar-refractivity contribution is 7.22. The lowest BCUT2D eigenvalue weighted by Gasteiger charge is -2.14. The number of pyridine rings is 1. The third-order valence-electron chi connectivity index (χ3n) is 8.65. The smallest absolute Gasteiger partial charge is 0.228 e. The van der Waals surface area contributed by atoms with Gasteiger partial charge in [0.15, 0.2) is 0 Å². The van der Waals surface area contributed by atoms with Crippen molar-refractivity contribution in [2.24, 2.45) is 5.73 Å². The van der Waals surface area contributed by atoms with E-state index in [9.17, 15) is 4.79 Å². The number of unbranched alkanes of at least 4 members (excludes halogenated alkanes) is 2. The van der Waals surface area contributed by atoms with Gasteiger partial charge in [0, 0.05) is 23.3 Å². The molecule has 0 aliphatic heterocycles. The molecule has 55 heavy (non-hydrogen) atoms. The first-order valence-electron chi connectivity index (χ1n) is 20.1. The Kier molecular flexibility index (Phi) is 24.7. The van der Waals surface area contributed by atoms with Crippen molar-refractivity contribution in [2.75, 3.05) is 32.6 Å². The van der Waals surface area contributed by atoms with E-state index in [0.29, 0.717) is 6.42 Å². The number of hydrogen-bond donors (Lipinski definition) is 2. The fraction of sp³-hybridized carbons (Fsp3) is 0.417. The molecule has 7 heteroatoms. The van der Waals surface area contributed by atoms with E-state index in [2.05, 4.69) is 113 Å². The van der Waals surface area contributed by atoms with Crippen LogP contribution in [0, 0.1) is 20.8 Å². The summed E-state index contributed by atoms with van der Waals surface area (Å²) >= 11 is 1.84. The Morgan fingerprint density at radius 1 is 0.855 bits per heavy atom. The Balaban J connectivity index is 0.000000492. The Morgan fingerprint density at radius 2 is 1.55 bits per heavy atom.